The monoisotopic (exact) mass is 346 g/mol. The summed E-state index contributed by atoms with van der Waals surface area (Å²) in [4.78, 5) is 24.2. The molecule has 0 aliphatic carbocycles. The van der Waals surface area contributed by atoms with E-state index in [1.807, 2.05) is 43.3 Å². The number of hydrogen-bond acceptors (Lipinski definition) is 5. The smallest absolute Gasteiger partial charge is 0.273 e. The third-order valence-electron chi connectivity index (χ3n) is 3.19. The molecule has 2 aromatic rings. The molecule has 0 aliphatic heterocycles. The van der Waals surface area contributed by atoms with Gasteiger partial charge in [0.25, 0.3) is 11.6 Å². The van der Waals surface area contributed by atoms with Gasteiger partial charge in [0.1, 0.15) is 0 Å². The molecule has 2 aromatic carbocycles. The number of hydrazone groups is 1. The number of anilines is 1. The first-order valence-corrected chi connectivity index (χ1v) is 7.31. The number of halogens is 1. The van der Waals surface area contributed by atoms with Crippen molar-refractivity contribution in [1.82, 2.24) is 5.43 Å². The summed E-state index contributed by atoms with van der Waals surface area (Å²) in [7, 11) is 3.87. The topological polar surface area (TPSA) is 87.8 Å². The predicted octanol–water partition coefficient (Wildman–Crippen LogP) is 3.08. The lowest BCUT2D eigenvalue weighted by atomic mass is 10.2. The van der Waals surface area contributed by atoms with Crippen LogP contribution in [0.5, 0.6) is 0 Å². The van der Waals surface area contributed by atoms with Crippen molar-refractivity contribution in [2.75, 3.05) is 19.0 Å². The molecule has 2 rings (SSSR count). The lowest BCUT2D eigenvalue weighted by Gasteiger charge is -2.11. The van der Waals surface area contributed by atoms with Crippen molar-refractivity contribution in [2.24, 2.45) is 5.10 Å². The van der Waals surface area contributed by atoms with Crippen LogP contribution in [0.4, 0.5) is 11.4 Å². The summed E-state index contributed by atoms with van der Waals surface area (Å²) >= 11 is 5.90. The number of non-ortho nitro benzene ring substituents is 1. The number of carbonyl (C=O) groups is 1. The molecular formula is C16H15ClN4O3. The largest absolute Gasteiger partial charge is 0.378 e. The number of benzene rings is 2. The van der Waals surface area contributed by atoms with Crippen molar-refractivity contribution in [1.29, 1.82) is 0 Å². The fourth-order valence-electron chi connectivity index (χ4n) is 1.89. The molecule has 1 N–H and O–H groups in total. The van der Waals surface area contributed by atoms with Gasteiger partial charge >= 0.3 is 0 Å². The van der Waals surface area contributed by atoms with Crippen molar-refractivity contribution < 1.29 is 9.72 Å². The lowest BCUT2D eigenvalue weighted by Crippen LogP contribution is -2.18. The van der Waals surface area contributed by atoms with E-state index in [1.54, 1.807) is 0 Å². The minimum absolute atomic E-state index is 0.00836. The zero-order chi connectivity index (χ0) is 17.7. The molecule has 0 aliphatic rings. The summed E-state index contributed by atoms with van der Waals surface area (Å²) in [6, 6.07) is 11.2. The first-order valence-electron chi connectivity index (χ1n) is 6.93. The minimum atomic E-state index is -0.620. The van der Waals surface area contributed by atoms with Gasteiger partial charge in [0.05, 0.1) is 21.7 Å². The Bertz CT molecular complexity index is 788. The van der Waals surface area contributed by atoms with E-state index in [4.69, 9.17) is 11.6 Å². The van der Waals surface area contributed by atoms with E-state index >= 15 is 0 Å². The molecule has 0 spiro atoms. The SMILES string of the molecule is CN(C)c1ccc(/C=N\NC(=O)c2cc([N+](=O)[O-])ccc2Cl)cc1. The number of nitro groups is 1. The highest BCUT2D eigenvalue weighted by Crippen LogP contribution is 2.21. The van der Waals surface area contributed by atoms with E-state index < -0.39 is 10.8 Å². The van der Waals surface area contributed by atoms with Crippen molar-refractivity contribution in [3.8, 4) is 0 Å². The zero-order valence-electron chi connectivity index (χ0n) is 13.1. The predicted molar refractivity (Wildman–Crippen MR) is 93.9 cm³/mol. The molecule has 0 heterocycles. The highest BCUT2D eigenvalue weighted by Gasteiger charge is 2.15. The second-order valence-electron chi connectivity index (χ2n) is 5.11. The van der Waals surface area contributed by atoms with Gasteiger partial charge in [-0.05, 0) is 23.8 Å². The van der Waals surface area contributed by atoms with E-state index in [2.05, 4.69) is 10.5 Å². The highest BCUT2D eigenvalue weighted by atomic mass is 35.5. The normalized spacial score (nSPS) is 10.6. The Balaban J connectivity index is 2.07. The standard InChI is InChI=1S/C16H15ClN4O3/c1-20(2)12-5-3-11(4-6-12)10-18-19-16(22)14-9-13(21(23)24)7-8-15(14)17/h3-10H,1-2H3,(H,19,22)/b18-10-. The number of carbonyl (C=O) groups excluding carboxylic acids is 1. The van der Waals surface area contributed by atoms with Crippen LogP contribution in [0.15, 0.2) is 47.6 Å². The van der Waals surface area contributed by atoms with Gasteiger partial charge in [-0.2, -0.15) is 5.10 Å². The number of rotatable bonds is 5. The first-order chi connectivity index (χ1) is 11.4. The van der Waals surface area contributed by atoms with Crippen LogP contribution in [-0.2, 0) is 0 Å². The Morgan fingerprint density at radius 3 is 2.50 bits per heavy atom. The first kappa shape index (κ1) is 17.4. The van der Waals surface area contributed by atoms with Crippen LogP contribution in [-0.4, -0.2) is 31.1 Å². The van der Waals surface area contributed by atoms with Crippen LogP contribution in [0, 0.1) is 10.1 Å². The summed E-state index contributed by atoms with van der Waals surface area (Å²) in [6.45, 7) is 0. The van der Waals surface area contributed by atoms with Crippen molar-refractivity contribution in [3.05, 3.63) is 68.7 Å². The van der Waals surface area contributed by atoms with Gasteiger partial charge in [0.15, 0.2) is 0 Å². The Hall–Kier alpha value is -2.93. The number of nitrogens with one attached hydrogen (secondary N) is 1. The molecule has 0 unspecified atom stereocenters. The van der Waals surface area contributed by atoms with Crippen LogP contribution < -0.4 is 10.3 Å². The number of nitrogens with zero attached hydrogens (tertiary/aromatic N) is 3. The molecule has 0 bridgehead atoms. The van der Waals surface area contributed by atoms with Crippen LogP contribution in [0.2, 0.25) is 5.02 Å². The van der Waals surface area contributed by atoms with E-state index in [1.165, 1.54) is 18.3 Å². The van der Waals surface area contributed by atoms with Crippen molar-refractivity contribution >= 4 is 35.1 Å². The van der Waals surface area contributed by atoms with E-state index in [0.717, 1.165) is 17.3 Å². The van der Waals surface area contributed by atoms with Gasteiger partial charge in [-0.15, -0.1) is 0 Å². The molecule has 0 aromatic heterocycles. The fraction of sp³-hybridized carbons (Fsp3) is 0.125. The Morgan fingerprint density at radius 2 is 1.92 bits per heavy atom. The molecule has 0 saturated carbocycles. The van der Waals surface area contributed by atoms with Crippen molar-refractivity contribution in [2.45, 2.75) is 0 Å². The van der Waals surface area contributed by atoms with Crippen molar-refractivity contribution in [3.63, 3.8) is 0 Å². The molecule has 8 heteroatoms. The van der Waals surface area contributed by atoms with Gasteiger partial charge in [0.2, 0.25) is 0 Å². The molecule has 1 amide bonds. The number of nitro benzene ring substituents is 1. The van der Waals surface area contributed by atoms with Gasteiger partial charge in [0, 0.05) is 31.9 Å². The average molecular weight is 347 g/mol. The van der Waals surface area contributed by atoms with Crippen LogP contribution in [0.1, 0.15) is 15.9 Å². The second kappa shape index (κ2) is 7.56. The van der Waals surface area contributed by atoms with E-state index in [0.29, 0.717) is 0 Å². The summed E-state index contributed by atoms with van der Waals surface area (Å²) in [5, 5.41) is 14.7. The Kier molecular flexibility index (Phi) is 5.49. The van der Waals surface area contributed by atoms with Gasteiger partial charge in [-0.1, -0.05) is 23.7 Å². The fourth-order valence-corrected chi connectivity index (χ4v) is 2.09. The zero-order valence-corrected chi connectivity index (χ0v) is 13.8. The third-order valence-corrected chi connectivity index (χ3v) is 3.52. The Morgan fingerprint density at radius 1 is 1.25 bits per heavy atom. The lowest BCUT2D eigenvalue weighted by molar-refractivity contribution is -0.384. The summed E-state index contributed by atoms with van der Waals surface area (Å²) in [5.41, 5.74) is 3.92. The van der Waals surface area contributed by atoms with Gasteiger partial charge in [-0.25, -0.2) is 5.43 Å². The molecule has 7 nitrogen and oxygen atoms in total. The molecule has 24 heavy (non-hydrogen) atoms. The summed E-state index contributed by atoms with van der Waals surface area (Å²) < 4.78 is 0. The minimum Gasteiger partial charge on any atom is -0.378 e. The second-order valence-corrected chi connectivity index (χ2v) is 5.51. The van der Waals surface area contributed by atoms with Crippen LogP contribution >= 0.6 is 11.6 Å². The van der Waals surface area contributed by atoms with E-state index in [-0.39, 0.29) is 16.3 Å². The molecule has 0 radical (unpaired) electrons. The summed E-state index contributed by atoms with van der Waals surface area (Å²) in [5.74, 6) is -0.620. The van der Waals surface area contributed by atoms with Gasteiger partial charge < -0.3 is 4.90 Å². The number of hydrogen-bond donors (Lipinski definition) is 1. The molecule has 0 fully saturated rings. The molecule has 0 atom stereocenters. The maximum absolute atomic E-state index is 12.0. The van der Waals surface area contributed by atoms with Crippen LogP contribution in [0.25, 0.3) is 0 Å². The number of amides is 1. The maximum atomic E-state index is 12.0. The van der Waals surface area contributed by atoms with E-state index in [9.17, 15) is 14.9 Å². The van der Waals surface area contributed by atoms with Gasteiger partial charge in [-0.3, -0.25) is 14.9 Å². The molecular weight excluding hydrogens is 332 g/mol. The molecule has 0 saturated heterocycles. The Labute approximate surface area is 143 Å². The third kappa shape index (κ3) is 4.30. The maximum Gasteiger partial charge on any atom is 0.273 e. The quantitative estimate of drug-likeness (QED) is 0.512. The average Bonchev–Trinajstić information content (AvgIpc) is 2.55. The molecule has 124 valence electrons. The highest BCUT2D eigenvalue weighted by molar-refractivity contribution is 6.33. The van der Waals surface area contributed by atoms with Crippen LogP contribution in [0.3, 0.4) is 0 Å². The summed E-state index contributed by atoms with van der Waals surface area (Å²) in [6.07, 6.45) is 1.47.